The van der Waals surface area contributed by atoms with Crippen LogP contribution in [0.25, 0.3) is 0 Å². The molecule has 1 amide bonds. The van der Waals surface area contributed by atoms with Crippen molar-refractivity contribution in [2.75, 3.05) is 13.2 Å². The van der Waals surface area contributed by atoms with Crippen molar-refractivity contribution < 1.29 is 9.53 Å². The Bertz CT molecular complexity index is 457. The minimum absolute atomic E-state index is 0.0243. The van der Waals surface area contributed by atoms with E-state index in [-0.39, 0.29) is 17.5 Å². The van der Waals surface area contributed by atoms with E-state index < -0.39 is 0 Å². The fourth-order valence-corrected chi connectivity index (χ4v) is 2.06. The molecule has 0 bridgehead atoms. The lowest BCUT2D eigenvalue weighted by atomic mass is 10.0. The maximum atomic E-state index is 11.9. The molecule has 1 aliphatic rings. The Morgan fingerprint density at radius 2 is 2.16 bits per heavy atom. The molecule has 0 aromatic heterocycles. The van der Waals surface area contributed by atoms with Crippen LogP contribution in [0.2, 0.25) is 0 Å². The zero-order valence-electron chi connectivity index (χ0n) is 11.8. The molecule has 4 nitrogen and oxygen atoms in total. The van der Waals surface area contributed by atoms with E-state index in [9.17, 15) is 4.79 Å². The second kappa shape index (κ2) is 5.61. The lowest BCUT2D eigenvalue weighted by Crippen LogP contribution is -2.47. The summed E-state index contributed by atoms with van der Waals surface area (Å²) in [5.74, 6) is 0.936. The first-order valence-electron chi connectivity index (χ1n) is 6.78. The van der Waals surface area contributed by atoms with E-state index in [0.29, 0.717) is 13.2 Å². The molecule has 0 spiro atoms. The van der Waals surface area contributed by atoms with Crippen LogP contribution >= 0.6 is 0 Å². The summed E-state index contributed by atoms with van der Waals surface area (Å²) >= 11 is 0. The largest absolute Gasteiger partial charge is 0.491 e. The van der Waals surface area contributed by atoms with Gasteiger partial charge < -0.3 is 10.1 Å². The number of carbonyl (C=O) groups is 1. The lowest BCUT2D eigenvalue weighted by Gasteiger charge is -2.25. The van der Waals surface area contributed by atoms with Gasteiger partial charge in [0.05, 0.1) is 12.6 Å². The molecule has 0 saturated carbocycles. The molecule has 104 valence electrons. The molecule has 1 atom stereocenters. The number of hydrogen-bond acceptors (Lipinski definition) is 3. The Balaban J connectivity index is 1.86. The summed E-state index contributed by atoms with van der Waals surface area (Å²) in [6.45, 7) is 7.02. The van der Waals surface area contributed by atoms with Crippen molar-refractivity contribution in [2.24, 2.45) is 0 Å². The van der Waals surface area contributed by atoms with Crippen LogP contribution in [0.3, 0.4) is 0 Å². The number of para-hydroxylation sites is 1. The van der Waals surface area contributed by atoms with E-state index in [1.165, 1.54) is 0 Å². The molecular formula is C15H22N2O2. The third-order valence-corrected chi connectivity index (χ3v) is 3.57. The fourth-order valence-electron chi connectivity index (χ4n) is 2.06. The minimum Gasteiger partial charge on any atom is -0.491 e. The number of nitrogens with one attached hydrogen (secondary N) is 2. The molecule has 2 rings (SSSR count). The van der Waals surface area contributed by atoms with Crippen molar-refractivity contribution in [3.8, 4) is 5.75 Å². The third-order valence-electron chi connectivity index (χ3n) is 3.57. The number of benzene rings is 1. The van der Waals surface area contributed by atoms with Crippen molar-refractivity contribution in [3.05, 3.63) is 29.8 Å². The van der Waals surface area contributed by atoms with Gasteiger partial charge >= 0.3 is 0 Å². The van der Waals surface area contributed by atoms with Crippen LogP contribution in [0.1, 0.15) is 38.8 Å². The second-order valence-electron chi connectivity index (χ2n) is 5.57. The van der Waals surface area contributed by atoms with Crippen molar-refractivity contribution in [1.29, 1.82) is 0 Å². The van der Waals surface area contributed by atoms with Crippen LogP contribution in [0.4, 0.5) is 0 Å². The predicted octanol–water partition coefficient (Wildman–Crippen LogP) is 2.01. The molecule has 1 heterocycles. The van der Waals surface area contributed by atoms with Crippen LogP contribution < -0.4 is 15.4 Å². The number of ether oxygens (including phenoxy) is 1. The number of hydrogen-bond donors (Lipinski definition) is 2. The first-order chi connectivity index (χ1) is 9.02. The topological polar surface area (TPSA) is 50.4 Å². The van der Waals surface area contributed by atoms with E-state index in [1.54, 1.807) is 0 Å². The summed E-state index contributed by atoms with van der Waals surface area (Å²) in [6, 6.07) is 8.04. The van der Waals surface area contributed by atoms with Gasteiger partial charge in [0.25, 0.3) is 0 Å². The second-order valence-corrected chi connectivity index (χ2v) is 5.57. The molecule has 1 aromatic carbocycles. The van der Waals surface area contributed by atoms with Gasteiger partial charge in [-0.05, 0) is 26.3 Å². The standard InChI is InChI=1S/C15H22N2O2/c1-4-15(2,3)17-14(18)9-16-12-10-19-13-8-6-5-7-11(12)13/h5-8,12,16H,4,9-10H2,1-3H3,(H,17,18). The zero-order valence-corrected chi connectivity index (χ0v) is 11.8. The number of fused-ring (bicyclic) bond motifs is 1. The van der Waals surface area contributed by atoms with Crippen molar-refractivity contribution in [2.45, 2.75) is 38.8 Å². The van der Waals surface area contributed by atoms with Gasteiger partial charge in [0.1, 0.15) is 12.4 Å². The normalized spacial score (nSPS) is 17.7. The molecule has 2 N–H and O–H groups in total. The van der Waals surface area contributed by atoms with E-state index in [4.69, 9.17) is 4.74 Å². The Morgan fingerprint density at radius 1 is 1.42 bits per heavy atom. The van der Waals surface area contributed by atoms with Crippen molar-refractivity contribution in [1.82, 2.24) is 10.6 Å². The van der Waals surface area contributed by atoms with E-state index in [1.807, 2.05) is 38.1 Å². The van der Waals surface area contributed by atoms with Gasteiger partial charge in [-0.25, -0.2) is 0 Å². The van der Waals surface area contributed by atoms with Crippen LogP contribution in [-0.2, 0) is 4.79 Å². The van der Waals surface area contributed by atoms with E-state index >= 15 is 0 Å². The van der Waals surface area contributed by atoms with E-state index in [2.05, 4.69) is 17.6 Å². The van der Waals surface area contributed by atoms with Gasteiger partial charge in [0.2, 0.25) is 5.91 Å². The Labute approximate surface area is 114 Å². The fraction of sp³-hybridized carbons (Fsp3) is 0.533. The Hall–Kier alpha value is -1.55. The summed E-state index contributed by atoms with van der Waals surface area (Å²) in [6.07, 6.45) is 0.911. The predicted molar refractivity (Wildman–Crippen MR) is 75.2 cm³/mol. The first kappa shape index (κ1) is 13.9. The molecule has 19 heavy (non-hydrogen) atoms. The Morgan fingerprint density at radius 3 is 2.89 bits per heavy atom. The summed E-state index contributed by atoms with van der Waals surface area (Å²) in [5, 5.41) is 6.26. The highest BCUT2D eigenvalue weighted by molar-refractivity contribution is 5.78. The molecule has 0 saturated heterocycles. The van der Waals surface area contributed by atoms with Gasteiger partial charge in [-0.3, -0.25) is 10.1 Å². The number of rotatable bonds is 5. The van der Waals surface area contributed by atoms with Crippen LogP contribution in [0, 0.1) is 0 Å². The summed E-state index contributed by atoms with van der Waals surface area (Å²) in [5.41, 5.74) is 0.980. The molecule has 1 aromatic rings. The molecule has 1 aliphatic heterocycles. The maximum Gasteiger partial charge on any atom is 0.234 e. The quantitative estimate of drug-likeness (QED) is 0.853. The van der Waals surface area contributed by atoms with Crippen LogP contribution in [0.15, 0.2) is 24.3 Å². The third kappa shape index (κ3) is 3.47. The molecule has 4 heteroatoms. The summed E-state index contributed by atoms with van der Waals surface area (Å²) in [4.78, 5) is 11.9. The molecule has 0 aliphatic carbocycles. The number of amides is 1. The summed E-state index contributed by atoms with van der Waals surface area (Å²) < 4.78 is 5.57. The molecule has 1 unspecified atom stereocenters. The highest BCUT2D eigenvalue weighted by Crippen LogP contribution is 2.31. The first-order valence-corrected chi connectivity index (χ1v) is 6.78. The highest BCUT2D eigenvalue weighted by Gasteiger charge is 2.24. The number of carbonyl (C=O) groups excluding carboxylic acids is 1. The smallest absolute Gasteiger partial charge is 0.234 e. The highest BCUT2D eigenvalue weighted by atomic mass is 16.5. The van der Waals surface area contributed by atoms with Gasteiger partial charge in [-0.15, -0.1) is 0 Å². The van der Waals surface area contributed by atoms with Crippen molar-refractivity contribution in [3.63, 3.8) is 0 Å². The zero-order chi connectivity index (χ0) is 13.9. The van der Waals surface area contributed by atoms with Crippen LogP contribution in [-0.4, -0.2) is 24.6 Å². The average Bonchev–Trinajstić information content (AvgIpc) is 2.79. The van der Waals surface area contributed by atoms with Gasteiger partial charge in [0.15, 0.2) is 0 Å². The van der Waals surface area contributed by atoms with Gasteiger partial charge in [-0.2, -0.15) is 0 Å². The maximum absolute atomic E-state index is 11.9. The SMILES string of the molecule is CCC(C)(C)NC(=O)CNC1COc2ccccc21. The minimum atomic E-state index is -0.150. The van der Waals surface area contributed by atoms with Crippen LogP contribution in [0.5, 0.6) is 5.75 Å². The van der Waals surface area contributed by atoms with Crippen molar-refractivity contribution >= 4 is 5.91 Å². The molecule has 0 fully saturated rings. The summed E-state index contributed by atoms with van der Waals surface area (Å²) in [7, 11) is 0. The Kier molecular flexibility index (Phi) is 4.10. The van der Waals surface area contributed by atoms with E-state index in [0.717, 1.165) is 17.7 Å². The van der Waals surface area contributed by atoms with Gasteiger partial charge in [0, 0.05) is 11.1 Å². The van der Waals surface area contributed by atoms with Gasteiger partial charge in [-0.1, -0.05) is 25.1 Å². The molecule has 0 radical (unpaired) electrons. The average molecular weight is 262 g/mol. The lowest BCUT2D eigenvalue weighted by molar-refractivity contribution is -0.122. The molecular weight excluding hydrogens is 240 g/mol. The monoisotopic (exact) mass is 262 g/mol.